The lowest BCUT2D eigenvalue weighted by molar-refractivity contribution is 0.0220. The van der Waals surface area contributed by atoms with E-state index in [0.29, 0.717) is 62.8 Å². The lowest BCUT2D eigenvalue weighted by Crippen LogP contribution is -2.43. The molecule has 0 bridgehead atoms. The number of hydrogen-bond donors (Lipinski definition) is 0. The number of rotatable bonds is 13. The van der Waals surface area contributed by atoms with Crippen LogP contribution in [0.1, 0.15) is 41.5 Å². The first-order valence-electron chi connectivity index (χ1n) is 9.13. The molecule has 25 heavy (non-hydrogen) atoms. The van der Waals surface area contributed by atoms with Crippen molar-refractivity contribution in [1.82, 2.24) is 0 Å². The molecule has 0 aromatic carbocycles. The van der Waals surface area contributed by atoms with Gasteiger partial charge in [-0.3, -0.25) is 0 Å². The maximum absolute atomic E-state index is 8.11. The Morgan fingerprint density at radius 3 is 1.80 bits per heavy atom. The van der Waals surface area contributed by atoms with Gasteiger partial charge in [-0.05, 0) is 22.2 Å². The zero-order chi connectivity index (χ0) is 19.1. The van der Waals surface area contributed by atoms with Gasteiger partial charge in [0.15, 0.2) is 0 Å². The van der Waals surface area contributed by atoms with Gasteiger partial charge in [0, 0.05) is 11.5 Å². The van der Waals surface area contributed by atoms with E-state index in [1.165, 1.54) is 0 Å². The summed E-state index contributed by atoms with van der Waals surface area (Å²) < 4.78 is 16.2. The minimum Gasteiger partial charge on any atom is -0.379 e. The maximum atomic E-state index is 8.11. The summed E-state index contributed by atoms with van der Waals surface area (Å²) in [4.78, 5) is 2.65. The Balaban J connectivity index is 3.94. The minimum atomic E-state index is -1.65. The van der Waals surface area contributed by atoms with Crippen LogP contribution < -0.4 is 0 Å². The quantitative estimate of drug-likeness (QED) is 0.119. The zero-order valence-electron chi connectivity index (χ0n) is 16.7. The highest BCUT2D eigenvalue weighted by atomic mass is 28.3. The van der Waals surface area contributed by atoms with E-state index in [1.54, 1.807) is 0 Å². The van der Waals surface area contributed by atoms with Gasteiger partial charge in [-0.1, -0.05) is 52.6 Å². The van der Waals surface area contributed by atoms with Gasteiger partial charge in [0.05, 0.1) is 33.0 Å². The number of hydrogen-bond acceptors (Lipinski definition) is 4. The first-order chi connectivity index (χ1) is 11.9. The lowest BCUT2D eigenvalue weighted by atomic mass is 10.5. The molecule has 0 saturated heterocycles. The van der Waals surface area contributed by atoms with E-state index in [4.69, 9.17) is 19.7 Å². The Hall–Kier alpha value is -1.03. The Morgan fingerprint density at radius 1 is 0.840 bits per heavy atom. The molecule has 0 aromatic heterocycles. The largest absolute Gasteiger partial charge is 0.379 e. The van der Waals surface area contributed by atoms with Gasteiger partial charge >= 0.3 is 0 Å². The zero-order valence-corrected chi connectivity index (χ0v) is 17.7. The van der Waals surface area contributed by atoms with Crippen LogP contribution in [0.15, 0.2) is 5.11 Å². The molecular formula is C18H35N3O3Si. The normalized spacial score (nSPS) is 11.6. The number of azide groups is 1. The predicted octanol–water partition coefficient (Wildman–Crippen LogP) is 4.57. The Bertz CT molecular complexity index is 430. The molecule has 0 atom stereocenters. The van der Waals surface area contributed by atoms with Crippen LogP contribution in [0, 0.1) is 11.5 Å². The summed E-state index contributed by atoms with van der Waals surface area (Å²) in [6, 6.07) is 0. The molecule has 0 fully saturated rings. The third-order valence-electron chi connectivity index (χ3n) is 4.49. The summed E-state index contributed by atoms with van der Waals surface area (Å²) in [5.41, 5.74) is 13.7. The van der Waals surface area contributed by atoms with Crippen molar-refractivity contribution in [2.75, 3.05) is 46.2 Å². The monoisotopic (exact) mass is 369 g/mol. The Labute approximate surface area is 154 Å². The van der Waals surface area contributed by atoms with Crippen molar-refractivity contribution >= 4 is 8.07 Å². The van der Waals surface area contributed by atoms with E-state index >= 15 is 0 Å². The average molecular weight is 370 g/mol. The van der Waals surface area contributed by atoms with Gasteiger partial charge in [0.1, 0.15) is 14.7 Å². The van der Waals surface area contributed by atoms with Crippen molar-refractivity contribution in [3.8, 4) is 11.5 Å². The van der Waals surface area contributed by atoms with Gasteiger partial charge in [-0.2, -0.15) is 0 Å². The van der Waals surface area contributed by atoms with Crippen molar-refractivity contribution in [3.63, 3.8) is 0 Å². The molecule has 0 rings (SSSR count). The van der Waals surface area contributed by atoms with Crippen molar-refractivity contribution in [2.45, 2.75) is 58.2 Å². The van der Waals surface area contributed by atoms with Crippen LogP contribution in [-0.4, -0.2) is 54.3 Å². The second-order valence-electron chi connectivity index (χ2n) is 6.93. The highest BCUT2D eigenvalue weighted by Crippen LogP contribution is 2.40. The molecule has 0 saturated carbocycles. The SMILES string of the molecule is CC(C)[Si](C#CCOCCOCCOCCN=[N+]=[N-])(C(C)C)C(C)C. The Morgan fingerprint density at radius 2 is 1.32 bits per heavy atom. The van der Waals surface area contributed by atoms with Gasteiger partial charge < -0.3 is 14.2 Å². The van der Waals surface area contributed by atoms with Gasteiger partial charge in [-0.15, -0.1) is 5.54 Å². The summed E-state index contributed by atoms with van der Waals surface area (Å²) in [7, 11) is -1.65. The predicted molar refractivity (Wildman–Crippen MR) is 105 cm³/mol. The first-order valence-corrected chi connectivity index (χ1v) is 11.4. The third kappa shape index (κ3) is 9.29. The van der Waals surface area contributed by atoms with Crippen LogP contribution in [0.3, 0.4) is 0 Å². The number of ether oxygens (including phenoxy) is 3. The molecule has 6 nitrogen and oxygen atoms in total. The molecule has 0 aliphatic rings. The summed E-state index contributed by atoms with van der Waals surface area (Å²) >= 11 is 0. The van der Waals surface area contributed by atoms with Crippen LogP contribution in [-0.2, 0) is 14.2 Å². The average Bonchev–Trinajstić information content (AvgIpc) is 2.54. The summed E-state index contributed by atoms with van der Waals surface area (Å²) in [6.07, 6.45) is 0. The molecule has 0 aliphatic heterocycles. The fourth-order valence-corrected chi connectivity index (χ4v) is 8.58. The van der Waals surface area contributed by atoms with Crippen LogP contribution in [0.2, 0.25) is 16.6 Å². The van der Waals surface area contributed by atoms with Crippen molar-refractivity contribution in [3.05, 3.63) is 10.4 Å². The standard InChI is InChI=1S/C18H35N3O3Si/c1-16(2)25(17(3)4,18(5)6)15-7-9-22-11-13-24-14-12-23-10-8-20-21-19/h16-18H,8-14H2,1-6H3. The highest BCUT2D eigenvalue weighted by Gasteiger charge is 2.41. The van der Waals surface area contributed by atoms with E-state index in [1.807, 2.05) is 0 Å². The highest BCUT2D eigenvalue weighted by molar-refractivity contribution is 6.90. The van der Waals surface area contributed by atoms with E-state index in [2.05, 4.69) is 63.0 Å². The van der Waals surface area contributed by atoms with Crippen LogP contribution in [0.4, 0.5) is 0 Å². The second kappa shape index (κ2) is 14.2. The van der Waals surface area contributed by atoms with E-state index in [9.17, 15) is 0 Å². The van der Waals surface area contributed by atoms with Crippen LogP contribution in [0.5, 0.6) is 0 Å². The lowest BCUT2D eigenvalue weighted by Gasteiger charge is -2.38. The van der Waals surface area contributed by atoms with E-state index in [0.717, 1.165) is 0 Å². The van der Waals surface area contributed by atoms with Gasteiger partial charge in [0.2, 0.25) is 0 Å². The van der Waals surface area contributed by atoms with Crippen LogP contribution in [0.25, 0.3) is 10.4 Å². The van der Waals surface area contributed by atoms with Crippen molar-refractivity contribution in [1.29, 1.82) is 0 Å². The van der Waals surface area contributed by atoms with E-state index < -0.39 is 8.07 Å². The van der Waals surface area contributed by atoms with Crippen molar-refractivity contribution < 1.29 is 14.2 Å². The summed E-state index contributed by atoms with van der Waals surface area (Å²) in [6.45, 7) is 17.2. The molecule has 0 spiro atoms. The molecule has 0 aliphatic carbocycles. The first kappa shape index (κ1) is 24.0. The molecule has 0 amide bonds. The fraction of sp³-hybridized carbons (Fsp3) is 0.889. The topological polar surface area (TPSA) is 76.5 Å². The smallest absolute Gasteiger partial charge is 0.146 e. The van der Waals surface area contributed by atoms with Crippen LogP contribution >= 0.6 is 0 Å². The molecule has 144 valence electrons. The molecule has 0 heterocycles. The summed E-state index contributed by atoms with van der Waals surface area (Å²) in [5.74, 6) is 3.27. The molecule has 0 unspecified atom stereocenters. The van der Waals surface area contributed by atoms with Crippen molar-refractivity contribution in [2.24, 2.45) is 5.11 Å². The minimum absolute atomic E-state index is 0.353. The second-order valence-corrected chi connectivity index (χ2v) is 12.5. The number of nitrogens with zero attached hydrogens (tertiary/aromatic N) is 3. The molecular weight excluding hydrogens is 334 g/mol. The molecule has 7 heteroatoms. The Kier molecular flexibility index (Phi) is 13.6. The fourth-order valence-electron chi connectivity index (χ4n) is 3.34. The molecule has 0 N–H and O–H groups in total. The van der Waals surface area contributed by atoms with Gasteiger partial charge in [-0.25, -0.2) is 0 Å². The summed E-state index contributed by atoms with van der Waals surface area (Å²) in [5, 5.41) is 3.38. The van der Waals surface area contributed by atoms with Gasteiger partial charge in [0.25, 0.3) is 0 Å². The van der Waals surface area contributed by atoms with E-state index in [-0.39, 0.29) is 0 Å². The maximum Gasteiger partial charge on any atom is 0.146 e. The molecule has 0 aromatic rings. The molecule has 0 radical (unpaired) electrons. The third-order valence-corrected chi connectivity index (χ3v) is 10.8.